The van der Waals surface area contributed by atoms with E-state index in [4.69, 9.17) is 11.6 Å². The molecule has 0 spiro atoms. The zero-order chi connectivity index (χ0) is 16.2. The summed E-state index contributed by atoms with van der Waals surface area (Å²) in [4.78, 5) is 16.5. The van der Waals surface area contributed by atoms with Crippen molar-refractivity contribution in [1.82, 2.24) is 9.80 Å². The van der Waals surface area contributed by atoms with Gasteiger partial charge in [-0.2, -0.15) is 0 Å². The summed E-state index contributed by atoms with van der Waals surface area (Å²) in [5.74, 6) is -0.199. The number of carbonyl (C=O) groups is 1. The second-order valence-electron chi connectivity index (χ2n) is 5.71. The average molecular weight is 333 g/mol. The van der Waals surface area contributed by atoms with Crippen molar-refractivity contribution in [2.75, 3.05) is 26.2 Å². The summed E-state index contributed by atoms with van der Waals surface area (Å²) < 4.78 is 13.2. The molecule has 0 aliphatic carbocycles. The third kappa shape index (κ3) is 4.09. The minimum absolute atomic E-state index is 0.0119. The molecule has 1 saturated heterocycles. The average Bonchev–Trinajstić information content (AvgIpc) is 2.55. The summed E-state index contributed by atoms with van der Waals surface area (Å²) in [7, 11) is 0. The molecular weight excluding hydrogens is 315 g/mol. The lowest BCUT2D eigenvalue weighted by molar-refractivity contribution is 0.0628. The lowest BCUT2D eigenvalue weighted by Gasteiger charge is -2.34. The van der Waals surface area contributed by atoms with E-state index in [9.17, 15) is 9.18 Å². The van der Waals surface area contributed by atoms with Crippen LogP contribution in [-0.2, 0) is 6.54 Å². The summed E-state index contributed by atoms with van der Waals surface area (Å²) in [5.41, 5.74) is 1.58. The Kier molecular flexibility index (Phi) is 4.94. The van der Waals surface area contributed by atoms with Crippen molar-refractivity contribution < 1.29 is 9.18 Å². The van der Waals surface area contributed by atoms with E-state index in [1.165, 1.54) is 6.07 Å². The number of nitrogens with zero attached hydrogens (tertiary/aromatic N) is 2. The summed E-state index contributed by atoms with van der Waals surface area (Å²) >= 11 is 5.94. The SMILES string of the molecule is O=C(c1cccc(Cl)c1)N1CCN(Cc2cccc(F)c2)CC1. The normalized spacial score (nSPS) is 15.7. The largest absolute Gasteiger partial charge is 0.336 e. The number of benzene rings is 2. The smallest absolute Gasteiger partial charge is 0.253 e. The predicted octanol–water partition coefficient (Wildman–Crippen LogP) is 3.44. The molecular formula is C18H18ClFN2O. The van der Waals surface area contributed by atoms with Crippen LogP contribution in [0.1, 0.15) is 15.9 Å². The molecule has 1 amide bonds. The van der Waals surface area contributed by atoms with Crippen LogP contribution in [0.5, 0.6) is 0 Å². The third-order valence-corrected chi connectivity index (χ3v) is 4.26. The Hall–Kier alpha value is -1.91. The fraction of sp³-hybridized carbons (Fsp3) is 0.278. The van der Waals surface area contributed by atoms with E-state index < -0.39 is 0 Å². The molecule has 3 rings (SSSR count). The van der Waals surface area contributed by atoms with Gasteiger partial charge in [0.05, 0.1) is 0 Å². The highest BCUT2D eigenvalue weighted by atomic mass is 35.5. The molecule has 1 heterocycles. The molecule has 5 heteroatoms. The quantitative estimate of drug-likeness (QED) is 0.859. The second kappa shape index (κ2) is 7.11. The maximum absolute atomic E-state index is 13.2. The fourth-order valence-corrected chi connectivity index (χ4v) is 3.00. The van der Waals surface area contributed by atoms with Crippen LogP contribution in [-0.4, -0.2) is 41.9 Å². The van der Waals surface area contributed by atoms with E-state index in [1.54, 1.807) is 36.4 Å². The highest BCUT2D eigenvalue weighted by molar-refractivity contribution is 6.30. The van der Waals surface area contributed by atoms with E-state index in [0.717, 1.165) is 18.7 Å². The standard InChI is InChI=1S/C18H18ClFN2O/c19-16-5-2-4-15(12-16)18(23)22-9-7-21(8-10-22)13-14-3-1-6-17(20)11-14/h1-6,11-12H,7-10,13H2. The Labute approximate surface area is 140 Å². The first-order chi connectivity index (χ1) is 11.1. The Balaban J connectivity index is 1.57. The lowest BCUT2D eigenvalue weighted by atomic mass is 10.1. The van der Waals surface area contributed by atoms with Gasteiger partial charge in [-0.3, -0.25) is 9.69 Å². The number of hydrogen-bond acceptors (Lipinski definition) is 2. The molecule has 2 aromatic rings. The van der Waals surface area contributed by atoms with Crippen LogP contribution in [0, 0.1) is 5.82 Å². The summed E-state index contributed by atoms with van der Waals surface area (Å²) in [6, 6.07) is 13.7. The number of carbonyl (C=O) groups excluding carboxylic acids is 1. The molecule has 23 heavy (non-hydrogen) atoms. The van der Waals surface area contributed by atoms with Crippen LogP contribution < -0.4 is 0 Å². The van der Waals surface area contributed by atoms with Crippen molar-refractivity contribution in [3.05, 3.63) is 70.5 Å². The van der Waals surface area contributed by atoms with Gasteiger partial charge in [-0.1, -0.05) is 29.8 Å². The van der Waals surface area contributed by atoms with Crippen molar-refractivity contribution in [1.29, 1.82) is 0 Å². The zero-order valence-electron chi connectivity index (χ0n) is 12.7. The third-order valence-electron chi connectivity index (χ3n) is 4.03. The van der Waals surface area contributed by atoms with Gasteiger partial charge in [-0.05, 0) is 35.9 Å². The molecule has 0 unspecified atom stereocenters. The highest BCUT2D eigenvalue weighted by Gasteiger charge is 2.22. The van der Waals surface area contributed by atoms with E-state index in [2.05, 4.69) is 4.90 Å². The Morgan fingerprint density at radius 1 is 1.04 bits per heavy atom. The molecule has 0 saturated carbocycles. The maximum atomic E-state index is 13.2. The first-order valence-electron chi connectivity index (χ1n) is 7.63. The summed E-state index contributed by atoms with van der Waals surface area (Å²) in [6.07, 6.45) is 0. The van der Waals surface area contributed by atoms with Crippen molar-refractivity contribution in [2.45, 2.75) is 6.54 Å². The topological polar surface area (TPSA) is 23.6 Å². The fourth-order valence-electron chi connectivity index (χ4n) is 2.81. The molecule has 1 fully saturated rings. The molecule has 0 N–H and O–H groups in total. The van der Waals surface area contributed by atoms with Crippen molar-refractivity contribution in [3.63, 3.8) is 0 Å². The van der Waals surface area contributed by atoms with Crippen LogP contribution >= 0.6 is 11.6 Å². The first-order valence-corrected chi connectivity index (χ1v) is 8.01. The molecule has 1 aliphatic heterocycles. The van der Waals surface area contributed by atoms with Gasteiger partial charge in [0.1, 0.15) is 5.82 Å². The predicted molar refractivity (Wildman–Crippen MR) is 89.0 cm³/mol. The summed E-state index contributed by atoms with van der Waals surface area (Å²) in [6.45, 7) is 3.60. The number of hydrogen-bond donors (Lipinski definition) is 0. The van der Waals surface area contributed by atoms with Crippen LogP contribution in [0.3, 0.4) is 0 Å². The van der Waals surface area contributed by atoms with E-state index in [1.807, 2.05) is 11.0 Å². The van der Waals surface area contributed by atoms with Crippen molar-refractivity contribution in [2.24, 2.45) is 0 Å². The molecule has 3 nitrogen and oxygen atoms in total. The van der Waals surface area contributed by atoms with Gasteiger partial charge in [0.15, 0.2) is 0 Å². The molecule has 0 aromatic heterocycles. The van der Waals surface area contributed by atoms with Gasteiger partial charge in [0.25, 0.3) is 5.91 Å². The Morgan fingerprint density at radius 3 is 2.48 bits per heavy atom. The second-order valence-corrected chi connectivity index (χ2v) is 6.15. The molecule has 0 bridgehead atoms. The number of amides is 1. The van der Waals surface area contributed by atoms with Crippen LogP contribution in [0.4, 0.5) is 4.39 Å². The van der Waals surface area contributed by atoms with E-state index in [-0.39, 0.29) is 11.7 Å². The minimum Gasteiger partial charge on any atom is -0.336 e. The maximum Gasteiger partial charge on any atom is 0.253 e. The minimum atomic E-state index is -0.211. The molecule has 0 atom stereocenters. The van der Waals surface area contributed by atoms with Crippen molar-refractivity contribution in [3.8, 4) is 0 Å². The Morgan fingerprint density at radius 2 is 1.78 bits per heavy atom. The monoisotopic (exact) mass is 332 g/mol. The molecule has 1 aliphatic rings. The lowest BCUT2D eigenvalue weighted by Crippen LogP contribution is -2.48. The first kappa shape index (κ1) is 16.0. The van der Waals surface area contributed by atoms with Crippen LogP contribution in [0.15, 0.2) is 48.5 Å². The molecule has 2 aromatic carbocycles. The van der Waals surface area contributed by atoms with Gasteiger partial charge >= 0.3 is 0 Å². The zero-order valence-corrected chi connectivity index (χ0v) is 13.5. The van der Waals surface area contributed by atoms with Gasteiger partial charge in [0.2, 0.25) is 0 Å². The molecule has 120 valence electrons. The van der Waals surface area contributed by atoms with Gasteiger partial charge in [-0.15, -0.1) is 0 Å². The molecule has 0 radical (unpaired) electrons. The van der Waals surface area contributed by atoms with Gasteiger partial charge in [-0.25, -0.2) is 4.39 Å². The van der Waals surface area contributed by atoms with E-state index >= 15 is 0 Å². The summed E-state index contributed by atoms with van der Waals surface area (Å²) in [5, 5.41) is 0.570. The van der Waals surface area contributed by atoms with Gasteiger partial charge < -0.3 is 4.90 Å². The van der Waals surface area contributed by atoms with E-state index in [0.29, 0.717) is 30.2 Å². The number of piperazine rings is 1. The van der Waals surface area contributed by atoms with Crippen molar-refractivity contribution >= 4 is 17.5 Å². The number of rotatable bonds is 3. The van der Waals surface area contributed by atoms with Crippen LogP contribution in [0.2, 0.25) is 5.02 Å². The number of halogens is 2. The van der Waals surface area contributed by atoms with Gasteiger partial charge in [0, 0.05) is 43.3 Å². The highest BCUT2D eigenvalue weighted by Crippen LogP contribution is 2.15. The van der Waals surface area contributed by atoms with Crippen LogP contribution in [0.25, 0.3) is 0 Å². The Bertz CT molecular complexity index is 699.